The normalized spacial score (nSPS) is 22.0. The highest BCUT2D eigenvalue weighted by Gasteiger charge is 2.40. The molecule has 0 aromatic heterocycles. The molecule has 2 heteroatoms. The molecule has 2 atom stereocenters. The molecule has 0 aromatic rings. The number of hydrogen-bond acceptors (Lipinski definition) is 2. The second kappa shape index (κ2) is 9.84. The van der Waals surface area contributed by atoms with Crippen LogP contribution in [-0.4, -0.2) is 37.1 Å². The third kappa shape index (κ3) is 5.56. The molecule has 1 aliphatic carbocycles. The molecular weight excluding hydrogens is 256 g/mol. The van der Waals surface area contributed by atoms with Crippen molar-refractivity contribution in [2.24, 2.45) is 5.92 Å². The van der Waals surface area contributed by atoms with E-state index in [0.717, 1.165) is 5.92 Å². The maximum absolute atomic E-state index is 3.94. The molecule has 0 saturated heterocycles. The second-order valence-electron chi connectivity index (χ2n) is 7.55. The van der Waals surface area contributed by atoms with E-state index < -0.39 is 0 Å². The van der Waals surface area contributed by atoms with Crippen molar-refractivity contribution in [3.63, 3.8) is 0 Å². The van der Waals surface area contributed by atoms with Crippen LogP contribution in [0.1, 0.15) is 85.0 Å². The first kappa shape index (κ1) is 19.0. The molecule has 0 aromatic carbocycles. The Bertz CT molecular complexity index is 254. The highest BCUT2D eigenvalue weighted by atomic mass is 15.2. The summed E-state index contributed by atoms with van der Waals surface area (Å²) in [5.74, 6) is 0.837. The van der Waals surface area contributed by atoms with Gasteiger partial charge in [0.15, 0.2) is 0 Å². The fraction of sp³-hybridized carbons (Fsp3) is 1.00. The number of nitrogens with zero attached hydrogens (tertiary/aromatic N) is 1. The zero-order chi connectivity index (χ0) is 15.7. The number of rotatable bonds is 9. The zero-order valence-corrected chi connectivity index (χ0v) is 15.4. The highest BCUT2D eigenvalue weighted by Crippen LogP contribution is 2.36. The molecule has 0 amide bonds. The summed E-state index contributed by atoms with van der Waals surface area (Å²) >= 11 is 0. The Labute approximate surface area is 134 Å². The number of hydrogen-bond donors (Lipinski definition) is 1. The second-order valence-corrected chi connectivity index (χ2v) is 7.55. The summed E-state index contributed by atoms with van der Waals surface area (Å²) < 4.78 is 0. The minimum Gasteiger partial charge on any atom is -0.312 e. The van der Waals surface area contributed by atoms with Gasteiger partial charge >= 0.3 is 0 Å². The lowest BCUT2D eigenvalue weighted by molar-refractivity contribution is 0.0687. The molecule has 0 spiro atoms. The minimum atomic E-state index is 0.383. The van der Waals surface area contributed by atoms with Crippen LogP contribution in [0.5, 0.6) is 0 Å². The van der Waals surface area contributed by atoms with Gasteiger partial charge in [-0.25, -0.2) is 0 Å². The molecule has 1 rings (SSSR count). The van der Waals surface area contributed by atoms with Crippen molar-refractivity contribution in [2.75, 3.05) is 20.6 Å². The molecule has 1 aliphatic rings. The summed E-state index contributed by atoms with van der Waals surface area (Å²) in [5, 5.41) is 3.94. The lowest BCUT2D eigenvalue weighted by Crippen LogP contribution is -2.59. The predicted molar refractivity (Wildman–Crippen MR) is 94.9 cm³/mol. The standard InChI is InChI=1S/C19H40N2/c1-6-12-17(3)16-18(20-15-7-2)19(21(4)5)13-10-8-9-11-14-19/h17-18,20H,6-16H2,1-5H3. The summed E-state index contributed by atoms with van der Waals surface area (Å²) in [5.41, 5.74) is 0.383. The van der Waals surface area contributed by atoms with Crippen LogP contribution in [0.2, 0.25) is 0 Å². The first-order valence-corrected chi connectivity index (χ1v) is 9.47. The van der Waals surface area contributed by atoms with Crippen LogP contribution >= 0.6 is 0 Å². The molecule has 21 heavy (non-hydrogen) atoms. The summed E-state index contributed by atoms with van der Waals surface area (Å²) in [4.78, 5) is 2.56. The van der Waals surface area contributed by atoms with E-state index in [1.165, 1.54) is 70.8 Å². The zero-order valence-electron chi connectivity index (χ0n) is 15.4. The lowest BCUT2D eigenvalue weighted by atomic mass is 9.77. The van der Waals surface area contributed by atoms with Gasteiger partial charge in [-0.3, -0.25) is 0 Å². The van der Waals surface area contributed by atoms with Crippen LogP contribution in [0, 0.1) is 5.92 Å². The first-order valence-electron chi connectivity index (χ1n) is 9.47. The van der Waals surface area contributed by atoms with E-state index in [1.54, 1.807) is 0 Å². The van der Waals surface area contributed by atoms with Crippen molar-refractivity contribution < 1.29 is 0 Å². The van der Waals surface area contributed by atoms with Gasteiger partial charge in [-0.2, -0.15) is 0 Å². The minimum absolute atomic E-state index is 0.383. The molecule has 0 bridgehead atoms. The van der Waals surface area contributed by atoms with Crippen molar-refractivity contribution in [3.8, 4) is 0 Å². The monoisotopic (exact) mass is 296 g/mol. The topological polar surface area (TPSA) is 15.3 Å². The molecule has 1 N–H and O–H groups in total. The summed E-state index contributed by atoms with van der Waals surface area (Å²) in [6.07, 6.45) is 13.7. The fourth-order valence-electron chi connectivity index (χ4n) is 4.27. The molecule has 2 nitrogen and oxygen atoms in total. The quantitative estimate of drug-likeness (QED) is 0.613. The van der Waals surface area contributed by atoms with Gasteiger partial charge in [-0.05, 0) is 52.2 Å². The Balaban J connectivity index is 2.87. The Morgan fingerprint density at radius 3 is 2.10 bits per heavy atom. The molecule has 2 unspecified atom stereocenters. The Morgan fingerprint density at radius 2 is 1.62 bits per heavy atom. The largest absolute Gasteiger partial charge is 0.312 e. The van der Waals surface area contributed by atoms with Gasteiger partial charge in [-0.1, -0.05) is 59.3 Å². The number of likely N-dealkylation sites (N-methyl/N-ethyl adjacent to an activating group) is 1. The van der Waals surface area contributed by atoms with Crippen LogP contribution in [0.15, 0.2) is 0 Å². The third-order valence-corrected chi connectivity index (χ3v) is 5.57. The molecule has 0 heterocycles. The Kier molecular flexibility index (Phi) is 8.89. The van der Waals surface area contributed by atoms with E-state index in [9.17, 15) is 0 Å². The van der Waals surface area contributed by atoms with Gasteiger partial charge in [0.1, 0.15) is 0 Å². The lowest BCUT2D eigenvalue weighted by Gasteiger charge is -2.47. The van der Waals surface area contributed by atoms with Crippen molar-refractivity contribution in [1.29, 1.82) is 0 Å². The molecular formula is C19H40N2. The predicted octanol–water partition coefficient (Wildman–Crippen LogP) is 4.84. The Hall–Kier alpha value is -0.0800. The molecule has 1 saturated carbocycles. The maximum atomic E-state index is 3.94. The number of nitrogens with one attached hydrogen (secondary N) is 1. The van der Waals surface area contributed by atoms with E-state index in [4.69, 9.17) is 0 Å². The van der Waals surface area contributed by atoms with Crippen molar-refractivity contribution in [3.05, 3.63) is 0 Å². The van der Waals surface area contributed by atoms with Crippen LogP contribution < -0.4 is 5.32 Å². The van der Waals surface area contributed by atoms with E-state index in [-0.39, 0.29) is 0 Å². The van der Waals surface area contributed by atoms with Crippen LogP contribution in [0.3, 0.4) is 0 Å². The Morgan fingerprint density at radius 1 is 1.00 bits per heavy atom. The first-order chi connectivity index (χ1) is 10.1. The van der Waals surface area contributed by atoms with Gasteiger partial charge < -0.3 is 10.2 Å². The van der Waals surface area contributed by atoms with E-state index in [1.807, 2.05) is 0 Å². The molecule has 0 aliphatic heterocycles. The average Bonchev–Trinajstić information content (AvgIpc) is 2.70. The molecule has 0 radical (unpaired) electrons. The summed E-state index contributed by atoms with van der Waals surface area (Å²) in [6.45, 7) is 8.22. The maximum Gasteiger partial charge on any atom is 0.0356 e. The van der Waals surface area contributed by atoms with E-state index in [0.29, 0.717) is 11.6 Å². The van der Waals surface area contributed by atoms with Crippen LogP contribution in [0.25, 0.3) is 0 Å². The van der Waals surface area contributed by atoms with E-state index in [2.05, 4.69) is 45.1 Å². The molecule has 1 fully saturated rings. The van der Waals surface area contributed by atoms with Crippen LogP contribution in [0.4, 0.5) is 0 Å². The SMILES string of the molecule is CCCNC(CC(C)CCC)C1(N(C)C)CCCCCC1. The smallest absolute Gasteiger partial charge is 0.0356 e. The summed E-state index contributed by atoms with van der Waals surface area (Å²) in [6, 6.07) is 0.659. The third-order valence-electron chi connectivity index (χ3n) is 5.57. The van der Waals surface area contributed by atoms with Gasteiger partial charge in [-0.15, -0.1) is 0 Å². The van der Waals surface area contributed by atoms with Crippen LogP contribution in [-0.2, 0) is 0 Å². The fourth-order valence-corrected chi connectivity index (χ4v) is 4.27. The van der Waals surface area contributed by atoms with Gasteiger partial charge in [0, 0.05) is 11.6 Å². The van der Waals surface area contributed by atoms with E-state index >= 15 is 0 Å². The van der Waals surface area contributed by atoms with Crippen molar-refractivity contribution >= 4 is 0 Å². The highest BCUT2D eigenvalue weighted by molar-refractivity contribution is 5.00. The van der Waals surface area contributed by atoms with Crippen molar-refractivity contribution in [1.82, 2.24) is 10.2 Å². The average molecular weight is 297 g/mol. The van der Waals surface area contributed by atoms with Gasteiger partial charge in [0.25, 0.3) is 0 Å². The molecule has 126 valence electrons. The van der Waals surface area contributed by atoms with Crippen molar-refractivity contribution in [2.45, 2.75) is 96.6 Å². The van der Waals surface area contributed by atoms with Gasteiger partial charge in [0.2, 0.25) is 0 Å². The summed E-state index contributed by atoms with van der Waals surface area (Å²) in [7, 11) is 4.63. The van der Waals surface area contributed by atoms with Gasteiger partial charge in [0.05, 0.1) is 0 Å².